The normalized spacial score (nSPS) is 25.7. The molecule has 1 unspecified atom stereocenters. The van der Waals surface area contributed by atoms with Crippen LogP contribution in [0.5, 0.6) is 0 Å². The van der Waals surface area contributed by atoms with Crippen LogP contribution in [0.2, 0.25) is 0 Å². The fraction of sp³-hybridized carbons (Fsp3) is 0.714. The molecule has 192 valence electrons. The number of carboxylic acids is 1. The van der Waals surface area contributed by atoms with Gasteiger partial charge in [0.2, 0.25) is 15.9 Å². The summed E-state index contributed by atoms with van der Waals surface area (Å²) in [6.45, 7) is 6.74. The minimum atomic E-state index is -5.08. The van der Waals surface area contributed by atoms with Crippen molar-refractivity contribution in [1.29, 1.82) is 0 Å². The van der Waals surface area contributed by atoms with Crippen molar-refractivity contribution in [3.8, 4) is 0 Å². The van der Waals surface area contributed by atoms with Gasteiger partial charge in [-0.05, 0) is 51.4 Å². The molecule has 1 atom stereocenters. The number of piperidine rings is 1. The molecule has 3 fully saturated rings. The highest BCUT2D eigenvalue weighted by Gasteiger charge is 2.66. The number of carboxylic acid groups (broad SMARTS) is 1. The Labute approximate surface area is 196 Å². The van der Waals surface area contributed by atoms with Gasteiger partial charge >= 0.3 is 12.1 Å². The third-order valence-electron chi connectivity index (χ3n) is 7.31. The Hall–Kier alpha value is -2.12. The quantitative estimate of drug-likeness (QED) is 0.661. The first-order valence-corrected chi connectivity index (χ1v) is 12.9. The van der Waals surface area contributed by atoms with Crippen LogP contribution in [0.1, 0.15) is 31.9 Å². The Bertz CT molecular complexity index is 990. The lowest BCUT2D eigenvalue weighted by molar-refractivity contribution is -0.192. The number of alkyl halides is 3. The number of carbonyl (C=O) groups excluding carboxylic acids is 1. The lowest BCUT2D eigenvalue weighted by Gasteiger charge is -2.46. The molecule has 0 aromatic carbocycles. The second-order valence-electron chi connectivity index (χ2n) is 9.19. The minimum absolute atomic E-state index is 0.163. The van der Waals surface area contributed by atoms with E-state index in [1.165, 1.54) is 6.26 Å². The number of halogens is 3. The molecule has 3 aliphatic heterocycles. The van der Waals surface area contributed by atoms with E-state index in [2.05, 4.69) is 4.90 Å². The Kier molecular flexibility index (Phi) is 7.40. The fourth-order valence-electron chi connectivity index (χ4n) is 5.42. The van der Waals surface area contributed by atoms with E-state index in [-0.39, 0.29) is 11.3 Å². The second-order valence-corrected chi connectivity index (χ2v) is 11.2. The molecule has 9 nitrogen and oxygen atoms in total. The monoisotopic (exact) mass is 509 g/mol. The average molecular weight is 510 g/mol. The van der Waals surface area contributed by atoms with Gasteiger partial charge in [0, 0.05) is 31.6 Å². The first-order valence-electron chi connectivity index (χ1n) is 11.0. The maximum Gasteiger partial charge on any atom is 0.490 e. The molecule has 1 aromatic rings. The predicted octanol–water partition coefficient (Wildman–Crippen LogP) is 2.01. The summed E-state index contributed by atoms with van der Waals surface area (Å²) < 4.78 is 63.4. The lowest BCUT2D eigenvalue weighted by Crippen LogP contribution is -2.52. The number of furan rings is 1. The van der Waals surface area contributed by atoms with E-state index in [4.69, 9.17) is 14.3 Å². The van der Waals surface area contributed by atoms with Crippen LogP contribution in [-0.4, -0.2) is 91.2 Å². The van der Waals surface area contributed by atoms with Crippen LogP contribution in [0.25, 0.3) is 0 Å². The largest absolute Gasteiger partial charge is 0.490 e. The number of nitrogens with zero attached hydrogens (tertiary/aromatic N) is 3. The van der Waals surface area contributed by atoms with Crippen molar-refractivity contribution in [2.75, 3.05) is 45.5 Å². The van der Waals surface area contributed by atoms with Gasteiger partial charge in [0.05, 0.1) is 24.5 Å². The zero-order chi connectivity index (χ0) is 25.4. The molecule has 3 saturated heterocycles. The number of hydrogen-bond donors (Lipinski definition) is 1. The molecule has 4 rings (SSSR count). The van der Waals surface area contributed by atoms with Gasteiger partial charge in [-0.25, -0.2) is 17.5 Å². The molecule has 34 heavy (non-hydrogen) atoms. The van der Waals surface area contributed by atoms with Crippen molar-refractivity contribution >= 4 is 21.9 Å². The van der Waals surface area contributed by atoms with Crippen molar-refractivity contribution in [3.05, 3.63) is 24.2 Å². The van der Waals surface area contributed by atoms with E-state index in [1.807, 2.05) is 24.0 Å². The average Bonchev–Trinajstić information content (AvgIpc) is 3.44. The molecule has 0 saturated carbocycles. The summed E-state index contributed by atoms with van der Waals surface area (Å²) in [6.07, 6.45) is 0.339. The number of rotatable bonds is 4. The summed E-state index contributed by atoms with van der Waals surface area (Å²) in [5.41, 5.74) is -0.806. The maximum atomic E-state index is 13.3. The summed E-state index contributed by atoms with van der Waals surface area (Å²) in [4.78, 5) is 26.5. The van der Waals surface area contributed by atoms with E-state index >= 15 is 0 Å². The highest BCUT2D eigenvalue weighted by atomic mass is 32.2. The van der Waals surface area contributed by atoms with E-state index in [1.54, 1.807) is 10.6 Å². The van der Waals surface area contributed by atoms with Crippen LogP contribution < -0.4 is 0 Å². The number of fused-ring (bicyclic) bond motifs is 1. The van der Waals surface area contributed by atoms with E-state index in [0.717, 1.165) is 51.2 Å². The number of hydrogen-bond acceptors (Lipinski definition) is 6. The van der Waals surface area contributed by atoms with Crippen molar-refractivity contribution in [1.82, 2.24) is 14.1 Å². The van der Waals surface area contributed by atoms with Crippen LogP contribution in [0, 0.1) is 10.8 Å². The third kappa shape index (κ3) is 5.10. The van der Waals surface area contributed by atoms with Gasteiger partial charge in [0.15, 0.2) is 0 Å². The predicted molar refractivity (Wildman–Crippen MR) is 115 cm³/mol. The number of likely N-dealkylation sites (tertiary alicyclic amines) is 2. The lowest BCUT2D eigenvalue weighted by atomic mass is 9.60. The molecule has 0 radical (unpaired) electrons. The Morgan fingerprint density at radius 3 is 2.24 bits per heavy atom. The van der Waals surface area contributed by atoms with Crippen molar-refractivity contribution in [3.63, 3.8) is 0 Å². The first-order chi connectivity index (χ1) is 15.7. The van der Waals surface area contributed by atoms with Gasteiger partial charge < -0.3 is 14.4 Å². The molecular weight excluding hydrogens is 479 g/mol. The molecule has 3 aliphatic rings. The molecule has 0 bridgehead atoms. The van der Waals surface area contributed by atoms with Crippen LogP contribution >= 0.6 is 0 Å². The summed E-state index contributed by atoms with van der Waals surface area (Å²) >= 11 is 0. The fourth-order valence-corrected chi connectivity index (χ4v) is 6.36. The highest BCUT2D eigenvalue weighted by Crippen LogP contribution is 2.58. The van der Waals surface area contributed by atoms with E-state index in [0.29, 0.717) is 19.6 Å². The molecule has 4 heterocycles. The Morgan fingerprint density at radius 1 is 1.18 bits per heavy atom. The Balaban J connectivity index is 0.000000406. The first kappa shape index (κ1) is 26.5. The molecule has 13 heteroatoms. The van der Waals surface area contributed by atoms with Gasteiger partial charge in [-0.2, -0.15) is 13.2 Å². The zero-order valence-corrected chi connectivity index (χ0v) is 20.0. The molecular formula is C21H30F3N3O6S. The zero-order valence-electron chi connectivity index (χ0n) is 19.2. The topological polar surface area (TPSA) is 111 Å². The van der Waals surface area contributed by atoms with Gasteiger partial charge in [-0.3, -0.25) is 9.69 Å². The number of aliphatic carboxylic acids is 1. The summed E-state index contributed by atoms with van der Waals surface area (Å²) in [5.74, 6) is -1.65. The van der Waals surface area contributed by atoms with Crippen molar-refractivity contribution < 1.29 is 40.7 Å². The summed E-state index contributed by atoms with van der Waals surface area (Å²) in [5, 5.41) is 7.12. The maximum absolute atomic E-state index is 13.3. The highest BCUT2D eigenvalue weighted by molar-refractivity contribution is 7.88. The van der Waals surface area contributed by atoms with Gasteiger partial charge in [-0.1, -0.05) is 0 Å². The molecule has 2 spiro atoms. The second kappa shape index (κ2) is 9.50. The van der Waals surface area contributed by atoms with Gasteiger partial charge in [0.25, 0.3) is 0 Å². The molecule has 1 aromatic heterocycles. The van der Waals surface area contributed by atoms with Crippen LogP contribution in [0.4, 0.5) is 13.2 Å². The van der Waals surface area contributed by atoms with Crippen LogP contribution in [0.15, 0.2) is 22.8 Å². The van der Waals surface area contributed by atoms with Gasteiger partial charge in [-0.15, -0.1) is 0 Å². The molecule has 1 amide bonds. The number of amides is 1. The standard InChI is InChI=1S/C19H29N3O4S.C2HF3O2/c1-3-21-11-8-19(17(21)23)15-22(27(2,24)25)14-18(19)6-9-20(10-7-18)13-16-5-4-12-26-16;3-2(4,5)1(6)7/h4-5,12H,3,6-11,13-15H2,1-2H3;(H,6,7). The summed E-state index contributed by atoms with van der Waals surface area (Å²) in [6, 6.07) is 3.87. The SMILES string of the molecule is CCN1CCC2(CN(S(C)(=O)=O)CC23CCN(Cc2ccco2)CC3)C1=O.O=C(O)C(F)(F)F. The van der Waals surface area contributed by atoms with Crippen molar-refractivity contribution in [2.24, 2.45) is 10.8 Å². The van der Waals surface area contributed by atoms with E-state index < -0.39 is 27.6 Å². The summed E-state index contributed by atoms with van der Waals surface area (Å²) in [7, 11) is -3.31. The third-order valence-corrected chi connectivity index (χ3v) is 8.51. The van der Waals surface area contributed by atoms with Crippen LogP contribution in [-0.2, 0) is 26.2 Å². The number of sulfonamides is 1. The minimum Gasteiger partial charge on any atom is -0.475 e. The van der Waals surface area contributed by atoms with Crippen molar-refractivity contribution in [2.45, 2.75) is 38.9 Å². The van der Waals surface area contributed by atoms with E-state index in [9.17, 15) is 26.4 Å². The van der Waals surface area contributed by atoms with Crippen LogP contribution in [0.3, 0.4) is 0 Å². The Morgan fingerprint density at radius 2 is 1.79 bits per heavy atom. The van der Waals surface area contributed by atoms with Gasteiger partial charge in [0.1, 0.15) is 5.76 Å². The molecule has 0 aliphatic carbocycles. The molecule has 1 N–H and O–H groups in total. The number of carbonyl (C=O) groups is 2. The smallest absolute Gasteiger partial charge is 0.475 e.